The molecule has 0 saturated carbocycles. The number of phenolic OH excluding ortho intramolecular Hbond substituents is 2. The number of carboxylic acid groups (broad SMARTS) is 2. The first-order valence-corrected chi connectivity index (χ1v) is 16.6. The van der Waals surface area contributed by atoms with Crippen molar-refractivity contribution in [1.29, 1.82) is 0 Å². The Balaban J connectivity index is 1.42. The van der Waals surface area contributed by atoms with E-state index in [-0.39, 0.29) is 22.6 Å². The van der Waals surface area contributed by atoms with Gasteiger partial charge in [0.15, 0.2) is 0 Å². The third-order valence-electron chi connectivity index (χ3n) is 8.14. The lowest BCUT2D eigenvalue weighted by atomic mass is 9.92. The molecule has 6 aromatic rings. The second kappa shape index (κ2) is 17.1. The fraction of sp³-hybridized carbons (Fsp3) is 0.0476. The Morgan fingerprint density at radius 3 is 1.15 bits per heavy atom. The van der Waals surface area contributed by atoms with E-state index in [1.807, 2.05) is 36.4 Å². The van der Waals surface area contributed by atoms with E-state index in [0.29, 0.717) is 45.0 Å². The van der Waals surface area contributed by atoms with Crippen LogP contribution in [-0.2, 0) is 0 Å². The molecule has 0 heterocycles. The van der Waals surface area contributed by atoms with Crippen LogP contribution in [0.2, 0.25) is 0 Å². The first-order valence-electron chi connectivity index (χ1n) is 16.6. The van der Waals surface area contributed by atoms with Gasteiger partial charge in [0, 0.05) is 23.6 Å². The molecule has 0 aliphatic carbocycles. The highest BCUT2D eigenvalue weighted by atomic mass is 16.4. The molecule has 0 aliphatic heterocycles. The zero-order valence-electron chi connectivity index (χ0n) is 28.5. The third kappa shape index (κ3) is 9.38. The van der Waals surface area contributed by atoms with Crippen LogP contribution in [0.1, 0.15) is 55.1 Å². The number of hydrogen-bond acceptors (Lipinski definition) is 10. The van der Waals surface area contributed by atoms with Gasteiger partial charge in [-0.2, -0.15) is 20.5 Å². The predicted octanol–water partition coefficient (Wildman–Crippen LogP) is 10.3. The van der Waals surface area contributed by atoms with Crippen molar-refractivity contribution in [3.63, 3.8) is 0 Å². The Kier molecular flexibility index (Phi) is 11.4. The van der Waals surface area contributed by atoms with Crippen LogP contribution < -0.4 is 0 Å². The molecule has 0 fully saturated rings. The molecule has 2 atom stereocenters. The standard InChI is InChI=1S/C42H32N6O6/c49-37-21-19-35(47-45-33-7-3-1-4-8-33)23-31(37)25-43-39(27-11-15-29(16-12-27)41(51)52)40(28-13-17-30(18-14-28)42(53)54)44-26-32-24-36(20-22-38(32)50)48-46-34-9-5-2-6-10-34/h1-26,39-40,49-50H,(H,51,52)(H,53,54)/t39-,40-/m1/s1. The van der Waals surface area contributed by atoms with Gasteiger partial charge in [-0.25, -0.2) is 9.59 Å². The van der Waals surface area contributed by atoms with Crippen LogP contribution in [0.4, 0.5) is 22.7 Å². The van der Waals surface area contributed by atoms with Crippen molar-refractivity contribution >= 4 is 47.1 Å². The first kappa shape index (κ1) is 36.2. The summed E-state index contributed by atoms with van der Waals surface area (Å²) in [5.41, 5.74) is 4.12. The average molecular weight is 717 g/mol. The lowest BCUT2D eigenvalue weighted by Gasteiger charge is -2.22. The molecule has 4 N–H and O–H groups in total. The maximum Gasteiger partial charge on any atom is 0.335 e. The van der Waals surface area contributed by atoms with E-state index < -0.39 is 24.0 Å². The molecule has 54 heavy (non-hydrogen) atoms. The van der Waals surface area contributed by atoms with Crippen LogP contribution in [0.25, 0.3) is 0 Å². The average Bonchev–Trinajstić information content (AvgIpc) is 3.20. The predicted molar refractivity (Wildman–Crippen MR) is 205 cm³/mol. The quantitative estimate of drug-likeness (QED) is 0.0679. The highest BCUT2D eigenvalue weighted by molar-refractivity contribution is 5.89. The molecule has 0 bridgehead atoms. The number of phenols is 2. The molecule has 0 amide bonds. The summed E-state index contributed by atoms with van der Waals surface area (Å²) in [6.07, 6.45) is 2.92. The second-order valence-corrected chi connectivity index (χ2v) is 11.9. The molecule has 0 unspecified atom stereocenters. The van der Waals surface area contributed by atoms with Gasteiger partial charge in [-0.05, 0) is 96.1 Å². The van der Waals surface area contributed by atoms with E-state index in [1.165, 1.54) is 48.8 Å². The van der Waals surface area contributed by atoms with E-state index in [1.54, 1.807) is 72.8 Å². The van der Waals surface area contributed by atoms with Gasteiger partial charge >= 0.3 is 11.9 Å². The van der Waals surface area contributed by atoms with Gasteiger partial charge < -0.3 is 20.4 Å². The number of nitrogens with zero attached hydrogens (tertiary/aromatic N) is 6. The Morgan fingerprint density at radius 2 is 0.796 bits per heavy atom. The van der Waals surface area contributed by atoms with Crippen LogP contribution >= 0.6 is 0 Å². The molecule has 6 rings (SSSR count). The highest BCUT2D eigenvalue weighted by Gasteiger charge is 2.25. The van der Waals surface area contributed by atoms with E-state index in [2.05, 4.69) is 20.5 Å². The number of carboxylic acids is 2. The number of rotatable bonds is 13. The van der Waals surface area contributed by atoms with E-state index in [0.717, 1.165) is 0 Å². The van der Waals surface area contributed by atoms with Crippen molar-refractivity contribution in [2.45, 2.75) is 12.1 Å². The summed E-state index contributed by atoms with van der Waals surface area (Å²) in [6, 6.07) is 38.3. The molecule has 12 nitrogen and oxygen atoms in total. The summed E-state index contributed by atoms with van der Waals surface area (Å²) in [5.74, 6) is -2.36. The zero-order chi connectivity index (χ0) is 37.9. The highest BCUT2D eigenvalue weighted by Crippen LogP contribution is 2.37. The monoisotopic (exact) mass is 716 g/mol. The maximum absolute atomic E-state index is 11.7. The largest absolute Gasteiger partial charge is 0.507 e. The van der Waals surface area contributed by atoms with Crippen molar-refractivity contribution < 1.29 is 30.0 Å². The lowest BCUT2D eigenvalue weighted by Crippen LogP contribution is -2.10. The van der Waals surface area contributed by atoms with Gasteiger partial charge in [0.05, 0.1) is 33.9 Å². The molecule has 0 radical (unpaired) electrons. The number of aliphatic imine (C=N–C) groups is 2. The van der Waals surface area contributed by atoms with E-state index in [4.69, 9.17) is 9.98 Å². The summed E-state index contributed by atoms with van der Waals surface area (Å²) in [4.78, 5) is 33.2. The van der Waals surface area contributed by atoms with Gasteiger partial charge in [-0.1, -0.05) is 60.7 Å². The SMILES string of the molecule is O=C(O)c1ccc([C@@H](N=Cc2cc(N=Nc3ccccc3)ccc2O)[C@H](N=Cc2cc(N=Nc3ccccc3)ccc2O)c2ccc(C(=O)O)cc2)cc1. The minimum Gasteiger partial charge on any atom is -0.507 e. The van der Waals surface area contributed by atoms with Crippen LogP contribution in [0.3, 0.4) is 0 Å². The summed E-state index contributed by atoms with van der Waals surface area (Å²) in [6.45, 7) is 0. The maximum atomic E-state index is 11.7. The summed E-state index contributed by atoms with van der Waals surface area (Å²) < 4.78 is 0. The Bertz CT molecular complexity index is 2190. The summed E-state index contributed by atoms with van der Waals surface area (Å²) in [7, 11) is 0. The topological polar surface area (TPSA) is 189 Å². The number of azo groups is 2. The van der Waals surface area contributed by atoms with Gasteiger partial charge in [-0.15, -0.1) is 0 Å². The number of benzene rings is 6. The van der Waals surface area contributed by atoms with Crippen LogP contribution in [0.15, 0.2) is 176 Å². The zero-order valence-corrected chi connectivity index (χ0v) is 28.5. The van der Waals surface area contributed by atoms with Crippen LogP contribution in [0.5, 0.6) is 11.5 Å². The van der Waals surface area contributed by atoms with Gasteiger partial charge in [-0.3, -0.25) is 9.98 Å². The summed E-state index contributed by atoms with van der Waals surface area (Å²) in [5, 5.41) is 57.8. The summed E-state index contributed by atoms with van der Waals surface area (Å²) >= 11 is 0. The molecule has 266 valence electrons. The number of aromatic carboxylic acids is 2. The fourth-order valence-corrected chi connectivity index (χ4v) is 5.30. The Morgan fingerprint density at radius 1 is 0.444 bits per heavy atom. The number of carbonyl (C=O) groups is 2. The van der Waals surface area contributed by atoms with Crippen molar-refractivity contribution in [3.05, 3.63) is 179 Å². The smallest absolute Gasteiger partial charge is 0.335 e. The molecule has 6 aromatic carbocycles. The van der Waals surface area contributed by atoms with Gasteiger partial charge in [0.2, 0.25) is 0 Å². The van der Waals surface area contributed by atoms with Gasteiger partial charge in [0.25, 0.3) is 0 Å². The van der Waals surface area contributed by atoms with Crippen LogP contribution in [0, 0.1) is 0 Å². The molecule has 0 aliphatic rings. The molecule has 12 heteroatoms. The molecule has 0 spiro atoms. The normalized spacial score (nSPS) is 12.8. The Labute approximate surface area is 309 Å². The molecule has 0 saturated heterocycles. The first-order chi connectivity index (χ1) is 26.2. The molecular weight excluding hydrogens is 684 g/mol. The lowest BCUT2D eigenvalue weighted by molar-refractivity contribution is 0.0686. The number of hydrogen-bond donors (Lipinski definition) is 4. The van der Waals surface area contributed by atoms with E-state index in [9.17, 15) is 30.0 Å². The minimum atomic E-state index is -1.10. The Hall–Kier alpha value is -7.60. The second-order valence-electron chi connectivity index (χ2n) is 11.9. The minimum absolute atomic E-state index is 0.0628. The van der Waals surface area contributed by atoms with Crippen molar-refractivity contribution in [2.75, 3.05) is 0 Å². The number of aromatic hydroxyl groups is 2. The van der Waals surface area contributed by atoms with Crippen molar-refractivity contribution in [2.24, 2.45) is 30.4 Å². The molecule has 0 aromatic heterocycles. The third-order valence-corrected chi connectivity index (χ3v) is 8.14. The fourth-order valence-electron chi connectivity index (χ4n) is 5.30. The van der Waals surface area contributed by atoms with Crippen molar-refractivity contribution in [3.8, 4) is 11.5 Å². The van der Waals surface area contributed by atoms with E-state index >= 15 is 0 Å². The van der Waals surface area contributed by atoms with Gasteiger partial charge in [0.1, 0.15) is 23.6 Å². The van der Waals surface area contributed by atoms with Crippen molar-refractivity contribution in [1.82, 2.24) is 0 Å². The molecular formula is C42H32N6O6. The van der Waals surface area contributed by atoms with Crippen LogP contribution in [-0.4, -0.2) is 44.8 Å².